The zero-order valence-corrected chi connectivity index (χ0v) is 24.2. The van der Waals surface area contributed by atoms with Crippen molar-refractivity contribution in [3.63, 3.8) is 0 Å². The van der Waals surface area contributed by atoms with Crippen molar-refractivity contribution in [2.75, 3.05) is 10.6 Å². The zero-order chi connectivity index (χ0) is 31.2. The van der Waals surface area contributed by atoms with Gasteiger partial charge < -0.3 is 31.3 Å². The number of phenolic OH excluding ortho intramolecular Hbond substituents is 2. The van der Waals surface area contributed by atoms with Crippen LogP contribution >= 0.6 is 0 Å². The topological polar surface area (TPSA) is 205 Å². The monoisotopic (exact) mass is 579 g/mol. The predicted molar refractivity (Wildman–Crippen MR) is 160 cm³/mol. The number of anilines is 2. The van der Waals surface area contributed by atoms with Gasteiger partial charge in [0.05, 0.1) is 17.7 Å². The molecular formula is C29H37N7O6. The highest BCUT2D eigenvalue weighted by Crippen LogP contribution is 2.28. The lowest BCUT2D eigenvalue weighted by Gasteiger charge is -2.20. The number of carbonyl (C=O) groups excluding carboxylic acids is 2. The van der Waals surface area contributed by atoms with Crippen molar-refractivity contribution in [1.82, 2.24) is 14.9 Å². The van der Waals surface area contributed by atoms with Gasteiger partial charge in [-0.2, -0.15) is 0 Å². The molecule has 0 fully saturated rings. The maximum atomic E-state index is 13.4. The van der Waals surface area contributed by atoms with E-state index >= 15 is 0 Å². The minimum atomic E-state index is -0.740. The SMILES string of the molecule is CC(C)Nc1ncc(-c2cc(O)cc(NC(=O)OC(C)(C)C)c2)n(CC(=O)NCc2ccc(CC(=N)N)c(O)c2)c1=O. The molecule has 0 saturated heterocycles. The van der Waals surface area contributed by atoms with Crippen LogP contribution in [0.2, 0.25) is 0 Å². The van der Waals surface area contributed by atoms with Gasteiger partial charge in [-0.25, -0.2) is 9.78 Å². The highest BCUT2D eigenvalue weighted by molar-refractivity contribution is 5.87. The van der Waals surface area contributed by atoms with Crippen LogP contribution < -0.4 is 27.2 Å². The molecule has 0 bridgehead atoms. The van der Waals surface area contributed by atoms with E-state index in [0.717, 1.165) is 0 Å². The molecule has 0 aliphatic heterocycles. The average molecular weight is 580 g/mol. The summed E-state index contributed by atoms with van der Waals surface area (Å²) in [5.41, 5.74) is 5.94. The zero-order valence-electron chi connectivity index (χ0n) is 24.2. The number of hydrogen-bond donors (Lipinski definition) is 7. The van der Waals surface area contributed by atoms with E-state index in [1.807, 2.05) is 13.8 Å². The van der Waals surface area contributed by atoms with E-state index in [0.29, 0.717) is 16.7 Å². The van der Waals surface area contributed by atoms with E-state index < -0.39 is 23.2 Å². The molecule has 224 valence electrons. The normalized spacial score (nSPS) is 11.2. The number of nitrogens with one attached hydrogen (secondary N) is 4. The molecule has 13 heteroatoms. The molecule has 2 amide bonds. The van der Waals surface area contributed by atoms with Gasteiger partial charge in [-0.05, 0) is 58.4 Å². The summed E-state index contributed by atoms with van der Waals surface area (Å²) in [4.78, 5) is 43.0. The number of amides is 2. The van der Waals surface area contributed by atoms with Crippen molar-refractivity contribution in [3.8, 4) is 22.8 Å². The predicted octanol–water partition coefficient (Wildman–Crippen LogP) is 3.28. The Morgan fingerprint density at radius 2 is 1.86 bits per heavy atom. The largest absolute Gasteiger partial charge is 0.508 e. The molecule has 3 rings (SSSR count). The van der Waals surface area contributed by atoms with Crippen LogP contribution in [0.3, 0.4) is 0 Å². The van der Waals surface area contributed by atoms with Gasteiger partial charge in [0.2, 0.25) is 5.91 Å². The third-order valence-corrected chi connectivity index (χ3v) is 5.66. The molecule has 0 unspecified atom stereocenters. The Kier molecular flexibility index (Phi) is 9.78. The van der Waals surface area contributed by atoms with E-state index in [9.17, 15) is 24.6 Å². The van der Waals surface area contributed by atoms with Crippen LogP contribution in [-0.4, -0.2) is 49.2 Å². The third-order valence-electron chi connectivity index (χ3n) is 5.66. The number of carbonyl (C=O) groups is 2. The Hall–Kier alpha value is -5.07. The van der Waals surface area contributed by atoms with E-state index in [4.69, 9.17) is 15.9 Å². The lowest BCUT2D eigenvalue weighted by atomic mass is 10.1. The van der Waals surface area contributed by atoms with Crippen LogP contribution in [-0.2, 0) is 29.0 Å². The molecule has 42 heavy (non-hydrogen) atoms. The molecule has 1 aromatic heterocycles. The quantitative estimate of drug-likeness (QED) is 0.139. The maximum Gasteiger partial charge on any atom is 0.412 e. The van der Waals surface area contributed by atoms with Gasteiger partial charge in [0.15, 0.2) is 5.82 Å². The van der Waals surface area contributed by atoms with Gasteiger partial charge >= 0.3 is 6.09 Å². The molecule has 0 radical (unpaired) electrons. The Balaban J connectivity index is 1.90. The summed E-state index contributed by atoms with van der Waals surface area (Å²) in [6.45, 7) is 8.51. The summed E-state index contributed by atoms with van der Waals surface area (Å²) in [7, 11) is 0. The molecule has 0 aliphatic carbocycles. The van der Waals surface area contributed by atoms with Gasteiger partial charge in [0.1, 0.15) is 23.6 Å². The number of benzene rings is 2. The summed E-state index contributed by atoms with van der Waals surface area (Å²) in [6.07, 6.45) is 0.769. The van der Waals surface area contributed by atoms with Gasteiger partial charge in [-0.3, -0.25) is 24.9 Å². The molecule has 0 atom stereocenters. The summed E-state index contributed by atoms with van der Waals surface area (Å²) < 4.78 is 6.49. The molecule has 0 saturated carbocycles. The van der Waals surface area contributed by atoms with Crippen LogP contribution in [0.4, 0.5) is 16.3 Å². The third kappa shape index (κ3) is 8.98. The van der Waals surface area contributed by atoms with Gasteiger partial charge in [-0.15, -0.1) is 0 Å². The first-order valence-corrected chi connectivity index (χ1v) is 13.2. The Morgan fingerprint density at radius 3 is 2.48 bits per heavy atom. The molecule has 0 aliphatic rings. The fraction of sp³-hybridized carbons (Fsp3) is 0.345. The highest BCUT2D eigenvalue weighted by Gasteiger charge is 2.19. The fourth-order valence-electron chi connectivity index (χ4n) is 3.97. The van der Waals surface area contributed by atoms with Gasteiger partial charge in [-0.1, -0.05) is 12.1 Å². The number of amidine groups is 1. The second kappa shape index (κ2) is 13.1. The van der Waals surface area contributed by atoms with Crippen LogP contribution in [0.25, 0.3) is 11.3 Å². The van der Waals surface area contributed by atoms with E-state index in [-0.39, 0.29) is 60.1 Å². The van der Waals surface area contributed by atoms with E-state index in [1.54, 1.807) is 32.9 Å². The van der Waals surface area contributed by atoms with E-state index in [2.05, 4.69) is 20.9 Å². The lowest BCUT2D eigenvalue weighted by molar-refractivity contribution is -0.121. The second-order valence-electron chi connectivity index (χ2n) is 11.0. The summed E-state index contributed by atoms with van der Waals surface area (Å²) in [6, 6.07) is 8.90. The smallest absolute Gasteiger partial charge is 0.412 e. The Bertz CT molecular complexity index is 1540. The molecule has 13 nitrogen and oxygen atoms in total. The number of aromatic nitrogens is 2. The van der Waals surface area contributed by atoms with Crippen molar-refractivity contribution in [2.24, 2.45) is 5.73 Å². The van der Waals surface area contributed by atoms with Crippen molar-refractivity contribution in [2.45, 2.75) is 65.8 Å². The summed E-state index contributed by atoms with van der Waals surface area (Å²) in [5.74, 6) is -0.789. The van der Waals surface area contributed by atoms with Crippen molar-refractivity contribution in [1.29, 1.82) is 5.41 Å². The maximum absolute atomic E-state index is 13.4. The Labute approximate surface area is 243 Å². The van der Waals surface area contributed by atoms with E-state index in [1.165, 1.54) is 35.0 Å². The average Bonchev–Trinajstić information content (AvgIpc) is 2.84. The molecule has 1 heterocycles. The summed E-state index contributed by atoms with van der Waals surface area (Å²) >= 11 is 0. The minimum absolute atomic E-state index is 0.0415. The molecular weight excluding hydrogens is 542 g/mol. The van der Waals surface area contributed by atoms with Crippen molar-refractivity contribution < 1.29 is 24.5 Å². The number of rotatable bonds is 10. The molecule has 2 aromatic carbocycles. The second-order valence-corrected chi connectivity index (χ2v) is 11.0. The van der Waals surface area contributed by atoms with Gasteiger partial charge in [0, 0.05) is 41.9 Å². The molecule has 8 N–H and O–H groups in total. The van der Waals surface area contributed by atoms with Gasteiger partial charge in [0.25, 0.3) is 5.56 Å². The summed E-state index contributed by atoms with van der Waals surface area (Å²) in [5, 5.41) is 36.3. The fourth-order valence-corrected chi connectivity index (χ4v) is 3.97. The molecule has 3 aromatic rings. The minimum Gasteiger partial charge on any atom is -0.508 e. The number of nitrogens with two attached hydrogens (primary N) is 1. The van der Waals surface area contributed by atoms with Crippen molar-refractivity contribution in [3.05, 3.63) is 64.1 Å². The molecule has 0 spiro atoms. The number of hydrogen-bond acceptors (Lipinski definition) is 9. The number of ether oxygens (including phenoxy) is 1. The van der Waals surface area contributed by atoms with Crippen LogP contribution in [0, 0.1) is 5.41 Å². The van der Waals surface area contributed by atoms with Crippen LogP contribution in [0.1, 0.15) is 45.7 Å². The first kappa shape index (κ1) is 31.5. The lowest BCUT2D eigenvalue weighted by Crippen LogP contribution is -2.35. The standard InChI is InChI=1S/C29H37N7O6/c1-16(2)34-26-27(40)36(15-25(39)32-13-17-6-7-18(11-24(30)31)23(38)8-17)22(14-33-26)19-9-20(12-21(37)10-19)35-28(41)42-29(3,4)5/h6-10,12,14,16,37-38H,11,13,15H2,1-5H3,(H3,30,31)(H,32,39)(H,33,34)(H,35,41). The number of phenols is 2. The van der Waals surface area contributed by atoms with Crippen LogP contribution in [0.5, 0.6) is 11.5 Å². The first-order chi connectivity index (χ1) is 19.6. The number of nitrogens with zero attached hydrogens (tertiary/aromatic N) is 2. The highest BCUT2D eigenvalue weighted by atomic mass is 16.6. The first-order valence-electron chi connectivity index (χ1n) is 13.2. The Morgan fingerprint density at radius 1 is 1.14 bits per heavy atom. The number of aromatic hydroxyl groups is 2. The van der Waals surface area contributed by atoms with Crippen LogP contribution in [0.15, 0.2) is 47.4 Å². The van der Waals surface area contributed by atoms with Crippen molar-refractivity contribution >= 4 is 29.3 Å².